The van der Waals surface area contributed by atoms with Gasteiger partial charge in [-0.2, -0.15) is 17.0 Å². The van der Waals surface area contributed by atoms with E-state index in [0.717, 1.165) is 12.8 Å². The summed E-state index contributed by atoms with van der Waals surface area (Å²) >= 11 is 0. The van der Waals surface area contributed by atoms with Gasteiger partial charge in [0.25, 0.3) is 10.2 Å². The summed E-state index contributed by atoms with van der Waals surface area (Å²) in [4.78, 5) is 0. The van der Waals surface area contributed by atoms with Gasteiger partial charge in [0.05, 0.1) is 0 Å². The van der Waals surface area contributed by atoms with E-state index in [4.69, 9.17) is 10.9 Å². The predicted octanol–water partition coefficient (Wildman–Crippen LogP) is 0.812. The van der Waals surface area contributed by atoms with Crippen molar-refractivity contribution in [3.8, 4) is 0 Å². The van der Waals surface area contributed by atoms with Crippen molar-refractivity contribution < 1.29 is 13.6 Å². The van der Waals surface area contributed by atoms with Crippen LogP contribution in [-0.4, -0.2) is 54.3 Å². The topological polar surface area (TPSA) is 99.2 Å². The maximum absolute atomic E-state index is 12.7. The molecule has 21 heavy (non-hydrogen) atoms. The van der Waals surface area contributed by atoms with Gasteiger partial charge < -0.3 is 10.9 Å². The Morgan fingerprint density at radius 3 is 2.43 bits per heavy atom. The van der Waals surface area contributed by atoms with Crippen molar-refractivity contribution in [3.63, 3.8) is 0 Å². The standard InChI is InChI=1S/C13H26N4O3S/c1-11-4-3-7-17(10-11)21(19,20)16-8-5-13(2,6-9-16)12(14)15-18/h11,18H,3-10H2,1-2H3,(H2,14,15). The van der Waals surface area contributed by atoms with E-state index in [0.29, 0.717) is 44.9 Å². The monoisotopic (exact) mass is 318 g/mol. The molecule has 0 aromatic rings. The fraction of sp³-hybridized carbons (Fsp3) is 0.923. The lowest BCUT2D eigenvalue weighted by atomic mass is 9.80. The highest BCUT2D eigenvalue weighted by Gasteiger charge is 2.40. The largest absolute Gasteiger partial charge is 0.409 e. The Kier molecular flexibility index (Phi) is 4.79. The molecule has 2 saturated heterocycles. The zero-order valence-electron chi connectivity index (χ0n) is 12.8. The Hall–Kier alpha value is -0.860. The second-order valence-corrected chi connectivity index (χ2v) is 8.49. The molecule has 1 unspecified atom stereocenters. The lowest BCUT2D eigenvalue weighted by Crippen LogP contribution is -2.53. The molecule has 2 aliphatic rings. The zero-order chi connectivity index (χ0) is 15.7. The van der Waals surface area contributed by atoms with E-state index in [-0.39, 0.29) is 5.84 Å². The highest BCUT2D eigenvalue weighted by Crippen LogP contribution is 2.33. The first-order chi connectivity index (χ1) is 9.79. The van der Waals surface area contributed by atoms with E-state index >= 15 is 0 Å². The van der Waals surface area contributed by atoms with Crippen molar-refractivity contribution in [1.82, 2.24) is 8.61 Å². The van der Waals surface area contributed by atoms with Crippen molar-refractivity contribution in [2.45, 2.75) is 39.5 Å². The lowest BCUT2D eigenvalue weighted by Gasteiger charge is -2.40. The molecule has 0 aromatic carbocycles. The van der Waals surface area contributed by atoms with Gasteiger partial charge in [0, 0.05) is 31.6 Å². The van der Waals surface area contributed by atoms with Crippen LogP contribution in [-0.2, 0) is 10.2 Å². The minimum absolute atomic E-state index is 0.186. The van der Waals surface area contributed by atoms with E-state index in [9.17, 15) is 8.42 Å². The average molecular weight is 318 g/mol. The molecule has 2 heterocycles. The Labute approximate surface area is 127 Å². The van der Waals surface area contributed by atoms with Gasteiger partial charge in [-0.05, 0) is 31.6 Å². The average Bonchev–Trinajstić information content (AvgIpc) is 2.47. The Bertz CT molecular complexity index is 498. The summed E-state index contributed by atoms with van der Waals surface area (Å²) in [5, 5.41) is 11.9. The minimum Gasteiger partial charge on any atom is -0.409 e. The smallest absolute Gasteiger partial charge is 0.281 e. The van der Waals surface area contributed by atoms with Gasteiger partial charge in [0.2, 0.25) is 0 Å². The maximum Gasteiger partial charge on any atom is 0.281 e. The quantitative estimate of drug-likeness (QED) is 0.348. The SMILES string of the molecule is CC1CCCN(S(=O)(=O)N2CCC(C)(C(N)=NO)CC2)C1. The molecule has 0 saturated carbocycles. The van der Waals surface area contributed by atoms with Gasteiger partial charge in [0.1, 0.15) is 5.84 Å². The van der Waals surface area contributed by atoms with E-state index in [2.05, 4.69) is 12.1 Å². The van der Waals surface area contributed by atoms with Crippen LogP contribution in [0.1, 0.15) is 39.5 Å². The van der Waals surface area contributed by atoms with Gasteiger partial charge >= 0.3 is 0 Å². The van der Waals surface area contributed by atoms with Crippen LogP contribution in [0, 0.1) is 11.3 Å². The molecule has 2 aliphatic heterocycles. The van der Waals surface area contributed by atoms with Crippen LogP contribution in [0.4, 0.5) is 0 Å². The lowest BCUT2D eigenvalue weighted by molar-refractivity contribution is 0.206. The fourth-order valence-corrected chi connectivity index (χ4v) is 4.88. The number of nitrogens with two attached hydrogens (primary N) is 1. The minimum atomic E-state index is -3.38. The van der Waals surface area contributed by atoms with Crippen LogP contribution in [0.15, 0.2) is 5.16 Å². The number of hydrogen-bond acceptors (Lipinski definition) is 4. The number of oxime groups is 1. The van der Waals surface area contributed by atoms with Crippen molar-refractivity contribution in [2.75, 3.05) is 26.2 Å². The molecule has 0 aliphatic carbocycles. The first-order valence-electron chi connectivity index (χ1n) is 7.53. The third-order valence-electron chi connectivity index (χ3n) is 4.82. The number of nitrogens with zero attached hydrogens (tertiary/aromatic N) is 3. The normalized spacial score (nSPS) is 29.4. The van der Waals surface area contributed by atoms with Crippen LogP contribution in [0.5, 0.6) is 0 Å². The molecule has 8 heteroatoms. The van der Waals surface area contributed by atoms with Crippen LogP contribution in [0.2, 0.25) is 0 Å². The Morgan fingerprint density at radius 1 is 1.29 bits per heavy atom. The molecule has 7 nitrogen and oxygen atoms in total. The molecule has 0 bridgehead atoms. The van der Waals surface area contributed by atoms with Gasteiger partial charge in [-0.3, -0.25) is 0 Å². The van der Waals surface area contributed by atoms with E-state index in [1.807, 2.05) is 6.92 Å². The van der Waals surface area contributed by atoms with Crippen LogP contribution in [0.25, 0.3) is 0 Å². The van der Waals surface area contributed by atoms with Crippen LogP contribution < -0.4 is 5.73 Å². The van der Waals surface area contributed by atoms with Crippen LogP contribution >= 0.6 is 0 Å². The van der Waals surface area contributed by atoms with E-state index in [1.165, 1.54) is 4.31 Å². The van der Waals surface area contributed by atoms with Crippen molar-refractivity contribution in [3.05, 3.63) is 0 Å². The molecule has 0 spiro atoms. The molecule has 3 N–H and O–H groups in total. The second-order valence-electron chi connectivity index (χ2n) is 6.56. The van der Waals surface area contributed by atoms with Crippen LogP contribution in [0.3, 0.4) is 0 Å². The van der Waals surface area contributed by atoms with E-state index in [1.54, 1.807) is 4.31 Å². The number of hydrogen-bond donors (Lipinski definition) is 2. The summed E-state index contributed by atoms with van der Waals surface area (Å²) in [5.74, 6) is 0.604. The zero-order valence-corrected chi connectivity index (χ0v) is 13.6. The first kappa shape index (κ1) is 16.5. The molecule has 122 valence electrons. The van der Waals surface area contributed by atoms with Crippen molar-refractivity contribution in [2.24, 2.45) is 22.2 Å². The highest BCUT2D eigenvalue weighted by molar-refractivity contribution is 7.86. The highest BCUT2D eigenvalue weighted by atomic mass is 32.2. The van der Waals surface area contributed by atoms with Crippen molar-refractivity contribution in [1.29, 1.82) is 0 Å². The third-order valence-corrected chi connectivity index (χ3v) is 6.83. The Morgan fingerprint density at radius 2 is 1.90 bits per heavy atom. The molecule has 1 atom stereocenters. The van der Waals surface area contributed by atoms with Gasteiger partial charge in [-0.15, -0.1) is 0 Å². The summed E-state index contributed by atoms with van der Waals surface area (Å²) in [7, 11) is -3.38. The molecular weight excluding hydrogens is 292 g/mol. The molecule has 2 rings (SSSR count). The number of piperidine rings is 2. The summed E-state index contributed by atoms with van der Waals surface area (Å²) < 4.78 is 28.5. The summed E-state index contributed by atoms with van der Waals surface area (Å²) in [6.07, 6.45) is 3.17. The molecule has 0 radical (unpaired) electrons. The van der Waals surface area contributed by atoms with Gasteiger partial charge in [-0.25, -0.2) is 0 Å². The Balaban J connectivity index is 2.04. The first-order valence-corrected chi connectivity index (χ1v) is 8.92. The molecule has 0 aromatic heterocycles. The molecule has 0 amide bonds. The second kappa shape index (κ2) is 6.10. The third kappa shape index (κ3) is 3.32. The van der Waals surface area contributed by atoms with Gasteiger partial charge in [-0.1, -0.05) is 19.0 Å². The van der Waals surface area contributed by atoms with Gasteiger partial charge in [0.15, 0.2) is 0 Å². The van der Waals surface area contributed by atoms with Crippen molar-refractivity contribution >= 4 is 16.0 Å². The molecule has 2 fully saturated rings. The maximum atomic E-state index is 12.7. The summed E-state index contributed by atoms with van der Waals surface area (Å²) in [5.41, 5.74) is 5.30. The number of amidine groups is 1. The predicted molar refractivity (Wildman–Crippen MR) is 81.2 cm³/mol. The molecular formula is C13H26N4O3S. The fourth-order valence-electron chi connectivity index (χ4n) is 3.11. The van der Waals surface area contributed by atoms with E-state index < -0.39 is 15.6 Å². The summed E-state index contributed by atoms with van der Waals surface area (Å²) in [6.45, 7) is 6.05. The summed E-state index contributed by atoms with van der Waals surface area (Å²) in [6, 6.07) is 0. The number of rotatable bonds is 3.